The highest BCUT2D eigenvalue weighted by Gasteiger charge is 2.16. The van der Waals surface area contributed by atoms with Crippen molar-refractivity contribution in [2.75, 3.05) is 26.2 Å². The second-order valence-corrected chi connectivity index (χ2v) is 5.74. The van der Waals surface area contributed by atoms with Crippen LogP contribution in [-0.4, -0.2) is 37.1 Å². The fraction of sp³-hybridized carbons (Fsp3) is 0.647. The number of nitrogens with one attached hydrogen (secondary N) is 1. The molecule has 1 heterocycles. The predicted octanol–water partition coefficient (Wildman–Crippen LogP) is 3.08. The van der Waals surface area contributed by atoms with E-state index in [9.17, 15) is 0 Å². The molecule has 0 radical (unpaired) electrons. The van der Waals surface area contributed by atoms with Crippen molar-refractivity contribution in [1.82, 2.24) is 10.2 Å². The topological polar surface area (TPSA) is 15.3 Å². The Morgan fingerprint density at radius 3 is 2.58 bits per heavy atom. The van der Waals surface area contributed by atoms with Gasteiger partial charge < -0.3 is 5.32 Å². The van der Waals surface area contributed by atoms with Crippen LogP contribution < -0.4 is 5.32 Å². The van der Waals surface area contributed by atoms with E-state index in [4.69, 9.17) is 0 Å². The third-order valence-corrected chi connectivity index (χ3v) is 4.12. The Bertz CT molecular complexity index is 330. The molecule has 2 nitrogen and oxygen atoms in total. The molecule has 1 aromatic carbocycles. The zero-order valence-corrected chi connectivity index (χ0v) is 12.3. The molecular formula is C17H28N2. The normalized spacial score (nSPS) is 17.7. The van der Waals surface area contributed by atoms with Gasteiger partial charge in [0.2, 0.25) is 0 Å². The van der Waals surface area contributed by atoms with Crippen molar-refractivity contribution < 1.29 is 0 Å². The smallest absolute Gasteiger partial charge is 0.0192 e. The van der Waals surface area contributed by atoms with Crippen LogP contribution in [0.25, 0.3) is 0 Å². The highest BCUT2D eigenvalue weighted by Crippen LogP contribution is 2.10. The molecule has 2 heteroatoms. The van der Waals surface area contributed by atoms with E-state index in [1.54, 1.807) is 0 Å². The van der Waals surface area contributed by atoms with Crippen molar-refractivity contribution in [3.05, 3.63) is 35.9 Å². The highest BCUT2D eigenvalue weighted by atomic mass is 15.2. The van der Waals surface area contributed by atoms with Gasteiger partial charge in [0, 0.05) is 12.6 Å². The van der Waals surface area contributed by atoms with Gasteiger partial charge in [-0.05, 0) is 64.2 Å². The van der Waals surface area contributed by atoms with Crippen molar-refractivity contribution in [3.8, 4) is 0 Å². The van der Waals surface area contributed by atoms with Gasteiger partial charge in [-0.1, -0.05) is 30.3 Å². The zero-order chi connectivity index (χ0) is 13.3. The number of hydrogen-bond acceptors (Lipinski definition) is 2. The van der Waals surface area contributed by atoms with Crippen LogP contribution in [0.5, 0.6) is 0 Å². The lowest BCUT2D eigenvalue weighted by molar-refractivity contribution is 0.252. The van der Waals surface area contributed by atoms with Gasteiger partial charge in [0.25, 0.3) is 0 Å². The summed E-state index contributed by atoms with van der Waals surface area (Å²) in [7, 11) is 0. The molecule has 1 atom stereocenters. The van der Waals surface area contributed by atoms with E-state index in [0.29, 0.717) is 6.04 Å². The number of rotatable bonds is 8. The minimum Gasteiger partial charge on any atom is -0.315 e. The predicted molar refractivity (Wildman–Crippen MR) is 82.5 cm³/mol. The average Bonchev–Trinajstić information content (AvgIpc) is 2.98. The maximum atomic E-state index is 3.61. The third-order valence-electron chi connectivity index (χ3n) is 4.12. The summed E-state index contributed by atoms with van der Waals surface area (Å²) in [6.45, 7) is 7.26. The first-order valence-electron chi connectivity index (χ1n) is 7.85. The minimum absolute atomic E-state index is 0.705. The standard InChI is InChI=1S/C17H28N2/c1-16(19-13-7-8-14-19)15-18-12-6-5-11-17-9-3-2-4-10-17/h2-4,9-10,16,18H,5-8,11-15H2,1H3. The van der Waals surface area contributed by atoms with E-state index in [2.05, 4.69) is 47.5 Å². The van der Waals surface area contributed by atoms with Crippen LogP contribution in [-0.2, 0) is 6.42 Å². The minimum atomic E-state index is 0.705. The molecule has 0 bridgehead atoms. The SMILES string of the molecule is CC(CNCCCCc1ccccc1)N1CCCC1. The quantitative estimate of drug-likeness (QED) is 0.723. The summed E-state index contributed by atoms with van der Waals surface area (Å²) in [5.74, 6) is 0. The van der Waals surface area contributed by atoms with Gasteiger partial charge in [-0.25, -0.2) is 0 Å². The Morgan fingerprint density at radius 2 is 1.84 bits per heavy atom. The maximum absolute atomic E-state index is 3.61. The monoisotopic (exact) mass is 260 g/mol. The van der Waals surface area contributed by atoms with Gasteiger partial charge in [0.15, 0.2) is 0 Å². The Kier molecular flexibility index (Phi) is 6.38. The van der Waals surface area contributed by atoms with Gasteiger partial charge in [-0.2, -0.15) is 0 Å². The van der Waals surface area contributed by atoms with E-state index < -0.39 is 0 Å². The molecule has 19 heavy (non-hydrogen) atoms. The van der Waals surface area contributed by atoms with Crippen molar-refractivity contribution in [3.63, 3.8) is 0 Å². The zero-order valence-electron chi connectivity index (χ0n) is 12.3. The molecule has 1 aliphatic heterocycles. The van der Waals surface area contributed by atoms with Crippen LogP contribution in [0.3, 0.4) is 0 Å². The lowest BCUT2D eigenvalue weighted by Gasteiger charge is -2.23. The first-order valence-corrected chi connectivity index (χ1v) is 7.85. The fourth-order valence-corrected chi connectivity index (χ4v) is 2.85. The van der Waals surface area contributed by atoms with Gasteiger partial charge in [-0.3, -0.25) is 4.90 Å². The number of hydrogen-bond donors (Lipinski definition) is 1. The summed E-state index contributed by atoms with van der Waals surface area (Å²) in [4.78, 5) is 2.61. The molecule has 0 spiro atoms. The Morgan fingerprint density at radius 1 is 1.11 bits per heavy atom. The highest BCUT2D eigenvalue weighted by molar-refractivity contribution is 5.14. The molecular weight excluding hydrogens is 232 g/mol. The van der Waals surface area contributed by atoms with E-state index in [-0.39, 0.29) is 0 Å². The Balaban J connectivity index is 1.48. The molecule has 1 unspecified atom stereocenters. The van der Waals surface area contributed by atoms with E-state index >= 15 is 0 Å². The lowest BCUT2D eigenvalue weighted by Crippen LogP contribution is -2.38. The van der Waals surface area contributed by atoms with Crippen molar-refractivity contribution in [2.45, 2.75) is 45.1 Å². The molecule has 0 saturated carbocycles. The fourth-order valence-electron chi connectivity index (χ4n) is 2.85. The second kappa shape index (κ2) is 8.34. The van der Waals surface area contributed by atoms with Gasteiger partial charge >= 0.3 is 0 Å². The molecule has 1 N–H and O–H groups in total. The maximum Gasteiger partial charge on any atom is 0.0192 e. The van der Waals surface area contributed by atoms with Gasteiger partial charge in [-0.15, -0.1) is 0 Å². The Labute approximate surface area is 118 Å². The first kappa shape index (κ1) is 14.5. The number of likely N-dealkylation sites (tertiary alicyclic amines) is 1. The number of nitrogens with zero attached hydrogens (tertiary/aromatic N) is 1. The molecule has 1 saturated heterocycles. The van der Waals surface area contributed by atoms with Gasteiger partial charge in [0.05, 0.1) is 0 Å². The van der Waals surface area contributed by atoms with Crippen LogP contribution in [0.4, 0.5) is 0 Å². The lowest BCUT2D eigenvalue weighted by atomic mass is 10.1. The molecule has 1 fully saturated rings. The molecule has 1 aromatic rings. The number of aryl methyl sites for hydroxylation is 1. The van der Waals surface area contributed by atoms with E-state index in [0.717, 1.165) is 13.1 Å². The number of unbranched alkanes of at least 4 members (excludes halogenated alkanes) is 1. The first-order chi connectivity index (χ1) is 9.36. The largest absolute Gasteiger partial charge is 0.315 e. The number of benzene rings is 1. The van der Waals surface area contributed by atoms with E-state index in [1.807, 2.05) is 0 Å². The van der Waals surface area contributed by atoms with Gasteiger partial charge in [0.1, 0.15) is 0 Å². The van der Waals surface area contributed by atoms with Crippen LogP contribution in [0, 0.1) is 0 Å². The van der Waals surface area contributed by atoms with Crippen molar-refractivity contribution >= 4 is 0 Å². The molecule has 106 valence electrons. The van der Waals surface area contributed by atoms with Crippen molar-refractivity contribution in [1.29, 1.82) is 0 Å². The van der Waals surface area contributed by atoms with Crippen LogP contribution in [0.15, 0.2) is 30.3 Å². The molecule has 2 rings (SSSR count). The second-order valence-electron chi connectivity index (χ2n) is 5.74. The summed E-state index contributed by atoms with van der Waals surface area (Å²) in [5.41, 5.74) is 1.47. The molecule has 0 aromatic heterocycles. The summed E-state index contributed by atoms with van der Waals surface area (Å²) >= 11 is 0. The summed E-state index contributed by atoms with van der Waals surface area (Å²) in [5, 5.41) is 3.61. The van der Waals surface area contributed by atoms with E-state index in [1.165, 1.54) is 50.8 Å². The average molecular weight is 260 g/mol. The van der Waals surface area contributed by atoms with Crippen LogP contribution >= 0.6 is 0 Å². The summed E-state index contributed by atoms with van der Waals surface area (Å²) in [6.07, 6.45) is 6.56. The summed E-state index contributed by atoms with van der Waals surface area (Å²) in [6, 6.07) is 11.5. The third kappa shape index (κ3) is 5.33. The Hall–Kier alpha value is -0.860. The molecule has 1 aliphatic rings. The van der Waals surface area contributed by atoms with Crippen LogP contribution in [0.1, 0.15) is 38.2 Å². The molecule has 0 aliphatic carbocycles. The van der Waals surface area contributed by atoms with Crippen molar-refractivity contribution in [2.24, 2.45) is 0 Å². The summed E-state index contributed by atoms with van der Waals surface area (Å²) < 4.78 is 0. The van der Waals surface area contributed by atoms with Crippen LogP contribution in [0.2, 0.25) is 0 Å². The molecule has 0 amide bonds.